The van der Waals surface area contributed by atoms with Crippen molar-refractivity contribution in [2.24, 2.45) is 0 Å². The topological polar surface area (TPSA) is 31.4 Å². The van der Waals surface area contributed by atoms with E-state index in [4.69, 9.17) is 9.47 Å². The van der Waals surface area contributed by atoms with E-state index in [1.807, 2.05) is 31.2 Å². The van der Waals surface area contributed by atoms with Crippen molar-refractivity contribution in [3.63, 3.8) is 0 Å². The fourth-order valence-corrected chi connectivity index (χ4v) is 1.50. The summed E-state index contributed by atoms with van der Waals surface area (Å²) in [6, 6.07) is 7.77. The van der Waals surface area contributed by atoms with E-state index in [1.165, 1.54) is 0 Å². The summed E-state index contributed by atoms with van der Waals surface area (Å²) in [6.45, 7) is 2.61. The van der Waals surface area contributed by atoms with Crippen molar-refractivity contribution in [3.8, 4) is 11.5 Å². The van der Waals surface area contributed by atoms with Gasteiger partial charge in [-0.25, -0.2) is 0 Å². The van der Waals surface area contributed by atoms with Gasteiger partial charge in [-0.05, 0) is 25.1 Å². The fraction of sp³-hybridized carbons (Fsp3) is 0.250. The van der Waals surface area contributed by atoms with Crippen LogP contribution in [-0.4, -0.2) is 18.7 Å². The molecule has 0 saturated carbocycles. The summed E-state index contributed by atoms with van der Waals surface area (Å²) in [5, 5.41) is 0.985. The third-order valence-electron chi connectivity index (χ3n) is 2.20. The van der Waals surface area contributed by atoms with Crippen molar-refractivity contribution in [1.82, 2.24) is 4.98 Å². The van der Waals surface area contributed by atoms with E-state index in [9.17, 15) is 0 Å². The molecule has 2 aromatic rings. The normalized spacial score (nSPS) is 10.3. The molecular weight excluding hydrogens is 190 g/mol. The van der Waals surface area contributed by atoms with Crippen molar-refractivity contribution in [3.05, 3.63) is 30.5 Å². The molecule has 0 aliphatic carbocycles. The molecule has 1 aromatic carbocycles. The van der Waals surface area contributed by atoms with Crippen LogP contribution in [0.1, 0.15) is 6.92 Å². The van der Waals surface area contributed by atoms with Gasteiger partial charge in [-0.1, -0.05) is 6.07 Å². The molecule has 0 atom stereocenters. The highest BCUT2D eigenvalue weighted by molar-refractivity contribution is 5.86. The van der Waals surface area contributed by atoms with Gasteiger partial charge in [-0.3, -0.25) is 4.98 Å². The minimum absolute atomic E-state index is 0.649. The number of rotatable bonds is 3. The largest absolute Gasteiger partial charge is 0.495 e. The number of nitrogens with zero attached hydrogens (tertiary/aromatic N) is 1. The van der Waals surface area contributed by atoms with E-state index < -0.39 is 0 Å². The average molecular weight is 203 g/mol. The van der Waals surface area contributed by atoms with Crippen molar-refractivity contribution in [2.75, 3.05) is 13.7 Å². The molecule has 0 saturated heterocycles. The first kappa shape index (κ1) is 9.77. The van der Waals surface area contributed by atoms with E-state index in [0.717, 1.165) is 22.4 Å². The van der Waals surface area contributed by atoms with Gasteiger partial charge in [0.1, 0.15) is 11.5 Å². The second-order valence-corrected chi connectivity index (χ2v) is 3.13. The zero-order valence-electron chi connectivity index (χ0n) is 8.86. The summed E-state index contributed by atoms with van der Waals surface area (Å²) < 4.78 is 10.7. The lowest BCUT2D eigenvalue weighted by Gasteiger charge is -2.07. The van der Waals surface area contributed by atoms with Crippen LogP contribution < -0.4 is 9.47 Å². The molecular formula is C12H13NO2. The van der Waals surface area contributed by atoms with Gasteiger partial charge in [0.05, 0.1) is 25.4 Å². The summed E-state index contributed by atoms with van der Waals surface area (Å²) in [5.74, 6) is 1.59. The quantitative estimate of drug-likeness (QED) is 0.768. The number of benzene rings is 1. The molecule has 1 heterocycles. The van der Waals surface area contributed by atoms with Gasteiger partial charge in [0, 0.05) is 5.39 Å². The monoisotopic (exact) mass is 203 g/mol. The number of hydrogen-bond acceptors (Lipinski definition) is 3. The van der Waals surface area contributed by atoms with E-state index in [0.29, 0.717) is 6.61 Å². The fourth-order valence-electron chi connectivity index (χ4n) is 1.50. The zero-order valence-corrected chi connectivity index (χ0v) is 8.86. The van der Waals surface area contributed by atoms with Crippen molar-refractivity contribution in [1.29, 1.82) is 0 Å². The summed E-state index contributed by atoms with van der Waals surface area (Å²) in [5.41, 5.74) is 0.918. The van der Waals surface area contributed by atoms with Crippen LogP contribution in [0.5, 0.6) is 11.5 Å². The van der Waals surface area contributed by atoms with Gasteiger partial charge in [0.2, 0.25) is 0 Å². The average Bonchev–Trinajstić information content (AvgIpc) is 2.29. The highest BCUT2D eigenvalue weighted by atomic mass is 16.5. The van der Waals surface area contributed by atoms with Crippen LogP contribution in [-0.2, 0) is 0 Å². The Morgan fingerprint density at radius 1 is 1.33 bits per heavy atom. The molecule has 0 fully saturated rings. The highest BCUT2D eigenvalue weighted by Crippen LogP contribution is 2.27. The lowest BCUT2D eigenvalue weighted by molar-refractivity contribution is 0.344. The molecule has 1 aromatic heterocycles. The lowest BCUT2D eigenvalue weighted by Crippen LogP contribution is -1.93. The maximum Gasteiger partial charge on any atom is 0.137 e. The smallest absolute Gasteiger partial charge is 0.137 e. The highest BCUT2D eigenvalue weighted by Gasteiger charge is 2.03. The van der Waals surface area contributed by atoms with Crippen LogP contribution in [0.2, 0.25) is 0 Å². The number of fused-ring (bicyclic) bond motifs is 1. The standard InChI is InChI=1S/C12H13NO2/c1-3-15-12-6-4-5-11-10(12)7-9(14-2)8-13-11/h4-8H,3H2,1-2H3. The SMILES string of the molecule is CCOc1cccc2ncc(OC)cc12. The summed E-state index contributed by atoms with van der Waals surface area (Å²) >= 11 is 0. The van der Waals surface area contributed by atoms with E-state index in [-0.39, 0.29) is 0 Å². The molecule has 15 heavy (non-hydrogen) atoms. The van der Waals surface area contributed by atoms with Crippen LogP contribution in [0, 0.1) is 0 Å². The molecule has 0 radical (unpaired) electrons. The molecule has 3 heteroatoms. The molecule has 0 unspecified atom stereocenters. The third kappa shape index (κ3) is 1.86. The Morgan fingerprint density at radius 3 is 2.93 bits per heavy atom. The summed E-state index contributed by atoms with van der Waals surface area (Å²) in [7, 11) is 1.63. The predicted octanol–water partition coefficient (Wildman–Crippen LogP) is 2.64. The van der Waals surface area contributed by atoms with Gasteiger partial charge in [-0.15, -0.1) is 0 Å². The predicted molar refractivity (Wildman–Crippen MR) is 59.5 cm³/mol. The molecule has 0 amide bonds. The number of pyridine rings is 1. The maximum atomic E-state index is 5.52. The van der Waals surface area contributed by atoms with Crippen LogP contribution in [0.4, 0.5) is 0 Å². The molecule has 0 spiro atoms. The van der Waals surface area contributed by atoms with Crippen molar-refractivity contribution in [2.45, 2.75) is 6.92 Å². The first-order valence-corrected chi connectivity index (χ1v) is 4.90. The summed E-state index contributed by atoms with van der Waals surface area (Å²) in [6.07, 6.45) is 1.71. The first-order valence-electron chi connectivity index (χ1n) is 4.90. The molecule has 78 valence electrons. The van der Waals surface area contributed by atoms with Gasteiger partial charge >= 0.3 is 0 Å². The van der Waals surface area contributed by atoms with Crippen LogP contribution in [0.3, 0.4) is 0 Å². The van der Waals surface area contributed by atoms with Crippen molar-refractivity contribution < 1.29 is 9.47 Å². The Balaban J connectivity index is 2.59. The van der Waals surface area contributed by atoms with E-state index in [2.05, 4.69) is 4.98 Å². The van der Waals surface area contributed by atoms with Crippen LogP contribution in [0.25, 0.3) is 10.9 Å². The minimum Gasteiger partial charge on any atom is -0.495 e. The molecule has 0 aliphatic rings. The van der Waals surface area contributed by atoms with Gasteiger partial charge in [0.15, 0.2) is 0 Å². The lowest BCUT2D eigenvalue weighted by atomic mass is 10.2. The third-order valence-corrected chi connectivity index (χ3v) is 2.20. The molecule has 3 nitrogen and oxygen atoms in total. The van der Waals surface area contributed by atoms with Crippen LogP contribution in [0.15, 0.2) is 30.5 Å². The Labute approximate surface area is 88.7 Å². The second kappa shape index (κ2) is 4.17. The first-order chi connectivity index (χ1) is 7.35. The molecule has 0 aliphatic heterocycles. The Kier molecular flexibility index (Phi) is 2.72. The molecule has 0 N–H and O–H groups in total. The Hall–Kier alpha value is -1.77. The maximum absolute atomic E-state index is 5.52. The van der Waals surface area contributed by atoms with Gasteiger partial charge < -0.3 is 9.47 Å². The molecule has 0 bridgehead atoms. The summed E-state index contributed by atoms with van der Waals surface area (Å²) in [4.78, 5) is 4.29. The number of hydrogen-bond donors (Lipinski definition) is 0. The number of ether oxygens (including phenoxy) is 2. The second-order valence-electron chi connectivity index (χ2n) is 3.13. The Bertz CT molecular complexity index is 468. The van der Waals surface area contributed by atoms with Crippen LogP contribution >= 0.6 is 0 Å². The van der Waals surface area contributed by atoms with Gasteiger partial charge in [-0.2, -0.15) is 0 Å². The Morgan fingerprint density at radius 2 is 2.20 bits per heavy atom. The zero-order chi connectivity index (χ0) is 10.7. The molecule has 2 rings (SSSR count). The van der Waals surface area contributed by atoms with Gasteiger partial charge in [0.25, 0.3) is 0 Å². The minimum atomic E-state index is 0.649. The number of methoxy groups -OCH3 is 1. The van der Waals surface area contributed by atoms with E-state index in [1.54, 1.807) is 13.3 Å². The van der Waals surface area contributed by atoms with E-state index >= 15 is 0 Å². The number of aromatic nitrogens is 1. The van der Waals surface area contributed by atoms with Crippen molar-refractivity contribution >= 4 is 10.9 Å².